The van der Waals surface area contributed by atoms with Crippen LogP contribution in [-0.2, 0) is 14.3 Å². The van der Waals surface area contributed by atoms with Gasteiger partial charge in [-0.05, 0) is 74.5 Å². The molecule has 160 valence electrons. The van der Waals surface area contributed by atoms with E-state index < -0.39 is 0 Å². The van der Waals surface area contributed by atoms with Gasteiger partial charge in [0.1, 0.15) is 5.60 Å². The molecule has 5 rings (SSSR count). The molecule has 0 bridgehead atoms. The van der Waals surface area contributed by atoms with Gasteiger partial charge in [-0.1, -0.05) is 37.3 Å². The van der Waals surface area contributed by atoms with Gasteiger partial charge in [0.2, 0.25) is 0 Å². The maximum atomic E-state index is 12.2. The molecule has 1 spiro atoms. The van der Waals surface area contributed by atoms with Crippen LogP contribution in [0.2, 0.25) is 0 Å². The lowest BCUT2D eigenvalue weighted by molar-refractivity contribution is -0.167. The van der Waals surface area contributed by atoms with Crippen molar-refractivity contribution in [3.63, 3.8) is 0 Å². The Kier molecular flexibility index (Phi) is 4.57. The fraction of sp³-hybridized carbons (Fsp3) is 0.833. The molecule has 1 unspecified atom stereocenters. The minimum Gasteiger partial charge on any atom is -0.458 e. The van der Waals surface area contributed by atoms with Crippen LogP contribution in [0.25, 0.3) is 0 Å². The zero-order valence-corrected chi connectivity index (χ0v) is 18.7. The van der Waals surface area contributed by atoms with Crippen molar-refractivity contribution in [1.29, 1.82) is 0 Å². The lowest BCUT2D eigenvalue weighted by atomic mass is 9.46. The highest BCUT2D eigenvalue weighted by Gasteiger charge is 2.68. The number of aliphatic hydroxyl groups excluding tert-OH is 1. The fourth-order valence-electron chi connectivity index (χ4n) is 8.28. The van der Waals surface area contributed by atoms with Crippen LogP contribution in [0.15, 0.2) is 11.6 Å². The van der Waals surface area contributed by atoms with Gasteiger partial charge in [0, 0.05) is 24.0 Å². The highest BCUT2D eigenvalue weighted by Crippen LogP contribution is 2.70. The van der Waals surface area contributed by atoms with E-state index in [1.54, 1.807) is 6.92 Å². The van der Waals surface area contributed by atoms with Crippen LogP contribution in [0.1, 0.15) is 78.6 Å². The zero-order chi connectivity index (χ0) is 20.6. The largest absolute Gasteiger partial charge is 0.458 e. The summed E-state index contributed by atoms with van der Waals surface area (Å²) in [6.45, 7) is 6.49. The topological polar surface area (TPSA) is 63.6 Å². The van der Waals surface area contributed by atoms with Crippen LogP contribution in [0.3, 0.4) is 0 Å². The van der Waals surface area contributed by atoms with Crippen LogP contribution in [0.5, 0.6) is 0 Å². The van der Waals surface area contributed by atoms with Gasteiger partial charge in [-0.2, -0.15) is 0 Å². The number of allylic oxidation sites excluding steroid dienone is 1. The fourth-order valence-corrected chi connectivity index (χ4v) is 9.50. The van der Waals surface area contributed by atoms with Crippen LogP contribution >= 0.6 is 11.8 Å². The Labute approximate surface area is 178 Å². The number of carbonyl (C=O) groups is 2. The van der Waals surface area contributed by atoms with Crippen molar-refractivity contribution in [3.8, 4) is 0 Å². The Hall–Kier alpha value is -0.810. The third-order valence-corrected chi connectivity index (χ3v) is 10.9. The summed E-state index contributed by atoms with van der Waals surface area (Å²) in [5, 5.41) is 10.8. The summed E-state index contributed by atoms with van der Waals surface area (Å²) in [5.74, 6) is 1.52. The Morgan fingerprint density at radius 3 is 2.59 bits per heavy atom. The van der Waals surface area contributed by atoms with Crippen LogP contribution in [0.4, 0.5) is 0 Å². The molecule has 0 amide bonds. The number of carbonyl (C=O) groups excluding carboxylic acids is 2. The van der Waals surface area contributed by atoms with E-state index in [1.165, 1.54) is 17.3 Å². The Bertz CT molecular complexity index is 777. The molecule has 4 fully saturated rings. The maximum Gasteiger partial charge on any atom is 0.306 e. The molecule has 1 N–H and O–H groups in total. The van der Waals surface area contributed by atoms with E-state index in [2.05, 4.69) is 19.9 Å². The van der Waals surface area contributed by atoms with Gasteiger partial charge >= 0.3 is 5.97 Å². The van der Waals surface area contributed by atoms with E-state index in [9.17, 15) is 14.7 Å². The smallest absolute Gasteiger partial charge is 0.306 e. The highest BCUT2D eigenvalue weighted by molar-refractivity contribution is 8.14. The van der Waals surface area contributed by atoms with Crippen molar-refractivity contribution in [3.05, 3.63) is 11.6 Å². The van der Waals surface area contributed by atoms with Crippen molar-refractivity contribution in [1.82, 2.24) is 0 Å². The number of rotatable bonds is 1. The second-order valence-corrected chi connectivity index (χ2v) is 12.2. The monoisotopic (exact) mass is 418 g/mol. The number of hydrogen-bond donors (Lipinski definition) is 1. The summed E-state index contributed by atoms with van der Waals surface area (Å²) in [5.41, 5.74) is 1.29. The molecule has 1 heterocycles. The number of ether oxygens (including phenoxy) is 1. The van der Waals surface area contributed by atoms with E-state index >= 15 is 0 Å². The lowest BCUT2D eigenvalue weighted by Crippen LogP contribution is -2.57. The molecule has 0 aromatic heterocycles. The van der Waals surface area contributed by atoms with Crippen molar-refractivity contribution < 1.29 is 19.4 Å². The standard InChI is InChI=1S/C24H34O4S/c1-14(25)29-19-13-15-12-16(26)4-8-22(15,2)17-5-9-23(3)18(21(17)19)6-10-24(23)11-7-20(27)28-24/h12,16-19,21,26H,4-11,13H2,1-3H3/t16?,17-,18-,19+,21+,22-,23-,24+/m0/s1. The van der Waals surface area contributed by atoms with E-state index in [-0.39, 0.29) is 38.9 Å². The molecule has 1 aliphatic heterocycles. The first kappa shape index (κ1) is 20.1. The van der Waals surface area contributed by atoms with Crippen LogP contribution in [-0.4, -0.2) is 33.1 Å². The number of esters is 1. The average molecular weight is 419 g/mol. The van der Waals surface area contributed by atoms with E-state index in [0.29, 0.717) is 24.2 Å². The first-order chi connectivity index (χ1) is 13.7. The second kappa shape index (κ2) is 6.59. The van der Waals surface area contributed by atoms with E-state index in [4.69, 9.17) is 4.74 Å². The van der Waals surface area contributed by atoms with E-state index in [0.717, 1.165) is 51.4 Å². The number of fused-ring (bicyclic) bond motifs is 6. The molecule has 8 atom stereocenters. The molecule has 4 nitrogen and oxygen atoms in total. The SMILES string of the molecule is CC(=O)S[C@@H]1CC2=CC(O)CC[C@]2(C)[C@H]2CC[C@@]3(C)[C@@H](CC[C@@]34CCC(=O)O4)[C@H]12. The number of aliphatic hydroxyl groups is 1. The van der Waals surface area contributed by atoms with Gasteiger partial charge in [0.25, 0.3) is 0 Å². The van der Waals surface area contributed by atoms with Gasteiger partial charge in [-0.15, -0.1) is 0 Å². The molecular weight excluding hydrogens is 384 g/mol. The molecule has 0 aromatic carbocycles. The molecular formula is C24H34O4S. The predicted octanol–water partition coefficient (Wildman–Crippen LogP) is 4.64. The molecule has 29 heavy (non-hydrogen) atoms. The molecule has 1 saturated heterocycles. The van der Waals surface area contributed by atoms with Gasteiger partial charge in [0.05, 0.1) is 6.10 Å². The Balaban J connectivity index is 1.55. The number of thioether (sulfide) groups is 1. The van der Waals surface area contributed by atoms with Crippen LogP contribution < -0.4 is 0 Å². The summed E-state index contributed by atoms with van der Waals surface area (Å²) in [7, 11) is 0. The minimum atomic E-state index is -0.334. The molecule has 5 aliphatic rings. The maximum absolute atomic E-state index is 12.2. The predicted molar refractivity (Wildman–Crippen MR) is 113 cm³/mol. The third-order valence-electron chi connectivity index (χ3n) is 9.74. The van der Waals surface area contributed by atoms with Gasteiger partial charge in [-0.25, -0.2) is 0 Å². The first-order valence-corrected chi connectivity index (χ1v) is 12.3. The van der Waals surface area contributed by atoms with Gasteiger partial charge < -0.3 is 9.84 Å². The summed E-state index contributed by atoms with van der Waals surface area (Å²) >= 11 is 1.53. The zero-order valence-electron chi connectivity index (χ0n) is 17.9. The third kappa shape index (κ3) is 2.75. The van der Waals surface area contributed by atoms with Crippen LogP contribution in [0, 0.1) is 28.6 Å². The quantitative estimate of drug-likeness (QED) is 0.496. The average Bonchev–Trinajstić information content (AvgIpc) is 3.17. The molecule has 0 radical (unpaired) electrons. The van der Waals surface area contributed by atoms with Crippen molar-refractivity contribution in [2.45, 2.75) is 95.5 Å². The second-order valence-electron chi connectivity index (χ2n) is 10.8. The van der Waals surface area contributed by atoms with Gasteiger partial charge in [0.15, 0.2) is 5.12 Å². The lowest BCUT2D eigenvalue weighted by Gasteiger charge is -2.61. The molecule has 5 heteroatoms. The first-order valence-electron chi connectivity index (χ1n) is 11.5. The summed E-state index contributed by atoms with van der Waals surface area (Å²) < 4.78 is 6.07. The Morgan fingerprint density at radius 1 is 1.14 bits per heavy atom. The summed E-state index contributed by atoms with van der Waals surface area (Å²) in [6.07, 6.45) is 10.3. The number of hydrogen-bond acceptors (Lipinski definition) is 5. The molecule has 4 aliphatic carbocycles. The Morgan fingerprint density at radius 2 is 1.90 bits per heavy atom. The van der Waals surface area contributed by atoms with Crippen molar-refractivity contribution in [2.75, 3.05) is 0 Å². The molecule has 3 saturated carbocycles. The summed E-state index contributed by atoms with van der Waals surface area (Å²) in [4.78, 5) is 24.3. The summed E-state index contributed by atoms with van der Waals surface area (Å²) in [6, 6.07) is 0. The normalized spacial score (nSPS) is 51.1. The van der Waals surface area contributed by atoms with Gasteiger partial charge in [-0.3, -0.25) is 9.59 Å². The highest BCUT2D eigenvalue weighted by atomic mass is 32.2. The van der Waals surface area contributed by atoms with Crippen molar-refractivity contribution >= 4 is 22.8 Å². The minimum absolute atomic E-state index is 0.0225. The van der Waals surface area contributed by atoms with E-state index in [1.807, 2.05) is 0 Å². The van der Waals surface area contributed by atoms with Crippen molar-refractivity contribution in [2.24, 2.45) is 28.6 Å². The molecule has 0 aromatic rings.